The molecule has 6 nitrogen and oxygen atoms in total. The molecule has 0 aliphatic heterocycles. The van der Waals surface area contributed by atoms with Gasteiger partial charge in [-0.25, -0.2) is 4.98 Å². The van der Waals surface area contributed by atoms with Gasteiger partial charge in [0.15, 0.2) is 5.82 Å². The summed E-state index contributed by atoms with van der Waals surface area (Å²) in [7, 11) is 0. The second-order valence-corrected chi connectivity index (χ2v) is 4.11. The third-order valence-electron chi connectivity index (χ3n) is 2.86. The highest BCUT2D eigenvalue weighted by Gasteiger charge is 2.11. The van der Waals surface area contributed by atoms with Crippen molar-refractivity contribution in [3.63, 3.8) is 0 Å². The lowest BCUT2D eigenvalue weighted by atomic mass is 10.1. The van der Waals surface area contributed by atoms with Crippen LogP contribution in [0.4, 0.5) is 0 Å². The lowest BCUT2D eigenvalue weighted by Gasteiger charge is -2.06. The molecule has 0 aliphatic rings. The van der Waals surface area contributed by atoms with E-state index in [-0.39, 0.29) is 5.56 Å². The van der Waals surface area contributed by atoms with Crippen LogP contribution in [-0.4, -0.2) is 25.4 Å². The Morgan fingerprint density at radius 2 is 1.95 bits per heavy atom. The minimum absolute atomic E-state index is 0.174. The quantitative estimate of drug-likeness (QED) is 0.725. The molecule has 3 rings (SSSR count). The van der Waals surface area contributed by atoms with Gasteiger partial charge >= 0.3 is 0 Å². The second-order valence-electron chi connectivity index (χ2n) is 4.11. The number of aromatic nitrogens is 5. The van der Waals surface area contributed by atoms with Gasteiger partial charge in [-0.15, -0.1) is 0 Å². The molecule has 1 aromatic carbocycles. The Labute approximate surface area is 108 Å². The van der Waals surface area contributed by atoms with Crippen LogP contribution in [0.25, 0.3) is 22.8 Å². The van der Waals surface area contributed by atoms with E-state index >= 15 is 0 Å². The maximum absolute atomic E-state index is 12.0. The Morgan fingerprint density at radius 3 is 2.63 bits per heavy atom. The smallest absolute Gasteiger partial charge is 0.254 e. The zero-order chi connectivity index (χ0) is 13.2. The molecule has 0 bridgehead atoms. The lowest BCUT2D eigenvalue weighted by Crippen LogP contribution is -2.14. The van der Waals surface area contributed by atoms with E-state index in [2.05, 4.69) is 25.4 Å². The van der Waals surface area contributed by atoms with Crippen molar-refractivity contribution in [3.05, 3.63) is 52.4 Å². The number of hydrogen-bond donors (Lipinski definition) is 2. The summed E-state index contributed by atoms with van der Waals surface area (Å²) in [5.41, 5.74) is 2.47. The van der Waals surface area contributed by atoms with Gasteiger partial charge in [-0.05, 0) is 6.92 Å². The number of hydrogen-bond acceptors (Lipinski definition) is 4. The predicted octanol–water partition coefficient (Wildman–Crippen LogP) is 1.53. The van der Waals surface area contributed by atoms with Gasteiger partial charge in [-0.3, -0.25) is 4.79 Å². The zero-order valence-corrected chi connectivity index (χ0v) is 10.2. The molecule has 0 amide bonds. The van der Waals surface area contributed by atoms with Gasteiger partial charge < -0.3 is 4.98 Å². The van der Waals surface area contributed by atoms with Crippen molar-refractivity contribution in [2.75, 3.05) is 0 Å². The minimum Gasteiger partial charge on any atom is -0.305 e. The molecule has 0 unspecified atom stereocenters. The predicted molar refractivity (Wildman–Crippen MR) is 70.4 cm³/mol. The first-order chi connectivity index (χ1) is 9.25. The van der Waals surface area contributed by atoms with E-state index < -0.39 is 0 Å². The van der Waals surface area contributed by atoms with Gasteiger partial charge in [0.2, 0.25) is 0 Å². The van der Waals surface area contributed by atoms with Gasteiger partial charge in [0, 0.05) is 11.1 Å². The highest BCUT2D eigenvalue weighted by Crippen LogP contribution is 2.20. The first-order valence-electron chi connectivity index (χ1n) is 5.78. The van der Waals surface area contributed by atoms with E-state index in [9.17, 15) is 4.79 Å². The Kier molecular flexibility index (Phi) is 2.68. The van der Waals surface area contributed by atoms with Gasteiger partial charge in [0.1, 0.15) is 5.69 Å². The summed E-state index contributed by atoms with van der Waals surface area (Å²) in [6.07, 6.45) is 1.52. The molecule has 0 atom stereocenters. The first kappa shape index (κ1) is 11.3. The summed E-state index contributed by atoms with van der Waals surface area (Å²) in [5, 5.41) is 10.1. The van der Waals surface area contributed by atoms with Crippen LogP contribution in [0.15, 0.2) is 41.3 Å². The molecule has 0 spiro atoms. The standard InChI is InChI=1S/C13H11N5O/c1-8-11(9-5-3-2-4-6-9)15-12(16-13(8)19)10-7-14-18-17-10/h2-7H,1H3,(H,14,17,18)(H,15,16,19). The molecule has 2 heterocycles. The van der Waals surface area contributed by atoms with Crippen LogP contribution < -0.4 is 5.56 Å². The summed E-state index contributed by atoms with van der Waals surface area (Å²) in [6.45, 7) is 1.75. The summed E-state index contributed by atoms with van der Waals surface area (Å²) >= 11 is 0. The van der Waals surface area contributed by atoms with Crippen molar-refractivity contribution in [2.45, 2.75) is 6.92 Å². The molecule has 19 heavy (non-hydrogen) atoms. The van der Waals surface area contributed by atoms with Crippen molar-refractivity contribution in [3.8, 4) is 22.8 Å². The van der Waals surface area contributed by atoms with E-state index in [0.29, 0.717) is 22.8 Å². The molecule has 3 aromatic rings. The van der Waals surface area contributed by atoms with Crippen LogP contribution in [0.1, 0.15) is 5.56 Å². The monoisotopic (exact) mass is 253 g/mol. The lowest BCUT2D eigenvalue weighted by molar-refractivity contribution is 0.937. The van der Waals surface area contributed by atoms with Crippen LogP contribution in [0.2, 0.25) is 0 Å². The van der Waals surface area contributed by atoms with E-state index in [1.54, 1.807) is 6.92 Å². The van der Waals surface area contributed by atoms with E-state index in [1.807, 2.05) is 30.3 Å². The number of benzene rings is 1. The van der Waals surface area contributed by atoms with Gasteiger partial charge in [0.25, 0.3) is 5.56 Å². The third-order valence-corrected chi connectivity index (χ3v) is 2.86. The average Bonchev–Trinajstić information content (AvgIpc) is 2.97. The highest BCUT2D eigenvalue weighted by atomic mass is 16.1. The molecule has 0 fully saturated rings. The number of nitrogens with zero attached hydrogens (tertiary/aromatic N) is 3. The number of aromatic amines is 2. The number of nitrogens with one attached hydrogen (secondary N) is 2. The van der Waals surface area contributed by atoms with Crippen molar-refractivity contribution in [1.82, 2.24) is 25.4 Å². The molecule has 0 saturated heterocycles. The van der Waals surface area contributed by atoms with E-state index in [4.69, 9.17) is 0 Å². The van der Waals surface area contributed by atoms with Crippen molar-refractivity contribution < 1.29 is 0 Å². The molecule has 0 radical (unpaired) electrons. The first-order valence-corrected chi connectivity index (χ1v) is 5.78. The van der Waals surface area contributed by atoms with Crippen LogP contribution in [0, 0.1) is 6.92 Å². The molecular formula is C13H11N5O. The van der Waals surface area contributed by atoms with Gasteiger partial charge in [-0.2, -0.15) is 15.4 Å². The molecule has 0 aliphatic carbocycles. The van der Waals surface area contributed by atoms with Crippen molar-refractivity contribution in [2.24, 2.45) is 0 Å². The maximum atomic E-state index is 12.0. The Balaban J connectivity index is 2.23. The normalized spacial score (nSPS) is 10.6. The fourth-order valence-electron chi connectivity index (χ4n) is 1.85. The van der Waals surface area contributed by atoms with Gasteiger partial charge in [0.05, 0.1) is 11.9 Å². The van der Waals surface area contributed by atoms with Crippen LogP contribution in [0.5, 0.6) is 0 Å². The second kappa shape index (κ2) is 4.49. The van der Waals surface area contributed by atoms with Gasteiger partial charge in [-0.1, -0.05) is 30.3 Å². The number of H-pyrrole nitrogens is 2. The SMILES string of the molecule is Cc1c(-c2ccccc2)nc(-c2cn[nH]n2)[nH]c1=O. The topological polar surface area (TPSA) is 87.3 Å². The maximum Gasteiger partial charge on any atom is 0.254 e. The van der Waals surface area contributed by atoms with Crippen LogP contribution >= 0.6 is 0 Å². The van der Waals surface area contributed by atoms with E-state index in [0.717, 1.165) is 5.56 Å². The summed E-state index contributed by atoms with van der Waals surface area (Å²) in [6, 6.07) is 9.58. The number of rotatable bonds is 2. The molecule has 94 valence electrons. The summed E-state index contributed by atoms with van der Waals surface area (Å²) < 4.78 is 0. The highest BCUT2D eigenvalue weighted by molar-refractivity contribution is 5.64. The average molecular weight is 253 g/mol. The fourth-order valence-corrected chi connectivity index (χ4v) is 1.85. The molecule has 0 saturated carbocycles. The summed E-state index contributed by atoms with van der Waals surface area (Å²) in [4.78, 5) is 19.1. The molecular weight excluding hydrogens is 242 g/mol. The third kappa shape index (κ3) is 2.03. The Hall–Kier alpha value is -2.76. The van der Waals surface area contributed by atoms with Crippen LogP contribution in [0.3, 0.4) is 0 Å². The Morgan fingerprint density at radius 1 is 1.16 bits per heavy atom. The van der Waals surface area contributed by atoms with Crippen molar-refractivity contribution >= 4 is 0 Å². The van der Waals surface area contributed by atoms with E-state index in [1.165, 1.54) is 6.20 Å². The molecule has 2 aromatic heterocycles. The Bertz CT molecular complexity index is 746. The van der Waals surface area contributed by atoms with Crippen molar-refractivity contribution in [1.29, 1.82) is 0 Å². The fraction of sp³-hybridized carbons (Fsp3) is 0.0769. The summed E-state index contributed by atoms with van der Waals surface area (Å²) in [5.74, 6) is 0.406. The molecule has 2 N–H and O–H groups in total. The largest absolute Gasteiger partial charge is 0.305 e. The minimum atomic E-state index is -0.174. The van der Waals surface area contributed by atoms with Crippen LogP contribution in [-0.2, 0) is 0 Å². The zero-order valence-electron chi connectivity index (χ0n) is 10.2. The molecule has 6 heteroatoms.